The van der Waals surface area contributed by atoms with Crippen LogP contribution in [0, 0.1) is 0 Å². The fourth-order valence-corrected chi connectivity index (χ4v) is 3.87. The Morgan fingerprint density at radius 2 is 2.15 bits per heavy atom. The number of nitrogens with one attached hydrogen (secondary N) is 2. The highest BCUT2D eigenvalue weighted by Gasteiger charge is 2.58. The third kappa shape index (κ3) is 3.17. The summed E-state index contributed by atoms with van der Waals surface area (Å²) < 4.78 is 27.2. The van der Waals surface area contributed by atoms with E-state index in [1.165, 1.54) is 6.33 Å². The van der Waals surface area contributed by atoms with Crippen LogP contribution in [-0.4, -0.2) is 50.3 Å². The molecule has 3 heterocycles. The summed E-state index contributed by atoms with van der Waals surface area (Å²) in [7, 11) is 0. The summed E-state index contributed by atoms with van der Waals surface area (Å²) in [6.07, 6.45) is 4.60. The third-order valence-corrected chi connectivity index (χ3v) is 5.55. The Balaban J connectivity index is 1.59. The zero-order chi connectivity index (χ0) is 19.3. The minimum atomic E-state index is -2.66. The molecule has 27 heavy (non-hydrogen) atoms. The topological polar surface area (TPSA) is 73.9 Å². The summed E-state index contributed by atoms with van der Waals surface area (Å²) in [4.78, 5) is 25.6. The van der Waals surface area contributed by atoms with Crippen molar-refractivity contribution in [1.29, 1.82) is 0 Å². The number of carbonyl (C=O) groups is 1. The number of aromatic nitrogens is 3. The van der Waals surface area contributed by atoms with Gasteiger partial charge in [-0.1, -0.05) is 6.58 Å². The molecule has 1 aliphatic heterocycles. The normalized spacial score (nSPS) is 26.8. The van der Waals surface area contributed by atoms with Gasteiger partial charge in [0.15, 0.2) is 0 Å². The molecule has 2 aromatic rings. The van der Waals surface area contributed by atoms with Gasteiger partial charge in [0.05, 0.1) is 11.3 Å². The largest absolute Gasteiger partial charge is 0.365 e. The lowest BCUT2D eigenvalue weighted by Gasteiger charge is -2.38. The van der Waals surface area contributed by atoms with E-state index in [4.69, 9.17) is 0 Å². The van der Waals surface area contributed by atoms with E-state index >= 15 is 0 Å². The first-order valence-corrected chi connectivity index (χ1v) is 9.20. The monoisotopic (exact) mass is 375 g/mol. The van der Waals surface area contributed by atoms with Crippen molar-refractivity contribution in [3.8, 4) is 0 Å². The Morgan fingerprint density at radius 3 is 2.81 bits per heavy atom. The highest BCUT2D eigenvalue weighted by Crippen LogP contribution is 2.57. The molecule has 1 amide bonds. The molecule has 1 saturated carbocycles. The maximum Gasteiger partial charge on any atom is 0.256 e. The Kier molecular flexibility index (Phi) is 4.16. The number of fused-ring (bicyclic) bond motifs is 1. The molecule has 1 aliphatic carbocycles. The van der Waals surface area contributed by atoms with Crippen molar-refractivity contribution in [2.75, 3.05) is 11.9 Å². The first kappa shape index (κ1) is 17.9. The molecule has 2 N–H and O–H groups in total. The summed E-state index contributed by atoms with van der Waals surface area (Å²) in [6, 6.07) is 0.135. The average Bonchev–Trinajstić information content (AvgIpc) is 3.05. The minimum Gasteiger partial charge on any atom is -0.365 e. The maximum atomic E-state index is 13.6. The first-order valence-electron chi connectivity index (χ1n) is 9.20. The van der Waals surface area contributed by atoms with E-state index in [2.05, 4.69) is 26.8 Å². The number of hydrogen-bond acceptors (Lipinski definition) is 4. The summed E-state index contributed by atoms with van der Waals surface area (Å²) in [5.74, 6) is -2.96. The molecule has 6 nitrogen and oxygen atoms in total. The van der Waals surface area contributed by atoms with Crippen molar-refractivity contribution in [1.82, 2.24) is 19.9 Å². The van der Waals surface area contributed by atoms with Gasteiger partial charge in [0, 0.05) is 36.8 Å². The SMILES string of the molecule is C=C(C)C(=O)N1C[C@H](Nc2ncnc3[nH]cc([C@H]4CC4(F)F)c23)CC[C@@H]1C. The van der Waals surface area contributed by atoms with Gasteiger partial charge in [-0.25, -0.2) is 18.7 Å². The van der Waals surface area contributed by atoms with Gasteiger partial charge in [0.25, 0.3) is 5.92 Å². The zero-order valence-corrected chi connectivity index (χ0v) is 15.4. The lowest BCUT2D eigenvalue weighted by molar-refractivity contribution is -0.130. The highest BCUT2D eigenvalue weighted by molar-refractivity contribution is 5.93. The van der Waals surface area contributed by atoms with Crippen LogP contribution in [0.2, 0.25) is 0 Å². The number of alkyl halides is 2. The molecule has 8 heteroatoms. The van der Waals surface area contributed by atoms with E-state index in [1.54, 1.807) is 13.1 Å². The van der Waals surface area contributed by atoms with E-state index in [9.17, 15) is 13.6 Å². The maximum absolute atomic E-state index is 13.6. The molecule has 0 spiro atoms. The van der Waals surface area contributed by atoms with E-state index in [0.29, 0.717) is 34.5 Å². The Labute approximate surface area is 156 Å². The summed E-state index contributed by atoms with van der Waals surface area (Å²) in [6.45, 7) is 8.01. The molecule has 0 unspecified atom stereocenters. The number of amides is 1. The fraction of sp³-hybridized carbons (Fsp3) is 0.526. The van der Waals surface area contributed by atoms with Crippen LogP contribution in [-0.2, 0) is 4.79 Å². The number of H-pyrrole nitrogens is 1. The van der Waals surface area contributed by atoms with Gasteiger partial charge in [-0.15, -0.1) is 0 Å². The van der Waals surface area contributed by atoms with Crippen LogP contribution in [0.1, 0.15) is 44.6 Å². The van der Waals surface area contributed by atoms with E-state index in [1.807, 2.05) is 11.8 Å². The van der Waals surface area contributed by atoms with Crippen molar-refractivity contribution >= 4 is 22.8 Å². The number of hydrogen-bond donors (Lipinski definition) is 2. The summed E-state index contributed by atoms with van der Waals surface area (Å²) in [5, 5.41) is 3.99. The van der Waals surface area contributed by atoms with Crippen LogP contribution in [0.3, 0.4) is 0 Å². The van der Waals surface area contributed by atoms with Crippen LogP contribution < -0.4 is 5.32 Å². The van der Waals surface area contributed by atoms with Crippen molar-refractivity contribution in [2.45, 2.75) is 57.0 Å². The lowest BCUT2D eigenvalue weighted by Crippen LogP contribution is -2.50. The van der Waals surface area contributed by atoms with Gasteiger partial charge in [-0.3, -0.25) is 4.79 Å². The predicted octanol–water partition coefficient (Wildman–Crippen LogP) is 3.45. The van der Waals surface area contributed by atoms with E-state index in [-0.39, 0.29) is 24.4 Å². The van der Waals surface area contributed by atoms with Crippen LogP contribution in [0.4, 0.5) is 14.6 Å². The number of anilines is 1. The predicted molar refractivity (Wildman–Crippen MR) is 98.8 cm³/mol. The Hall–Kier alpha value is -2.51. The van der Waals surface area contributed by atoms with Gasteiger partial charge in [0.1, 0.15) is 17.8 Å². The van der Waals surface area contributed by atoms with Crippen LogP contribution in [0.25, 0.3) is 11.0 Å². The molecule has 2 aromatic heterocycles. The summed E-state index contributed by atoms with van der Waals surface area (Å²) in [5.41, 5.74) is 1.61. The van der Waals surface area contributed by atoms with Crippen molar-refractivity contribution in [3.63, 3.8) is 0 Å². The van der Waals surface area contributed by atoms with E-state index < -0.39 is 11.8 Å². The molecular formula is C19H23F2N5O. The van der Waals surface area contributed by atoms with Crippen LogP contribution >= 0.6 is 0 Å². The second-order valence-electron chi connectivity index (χ2n) is 7.71. The molecule has 2 fully saturated rings. The molecule has 4 rings (SSSR count). The van der Waals surface area contributed by atoms with Crippen molar-refractivity contribution < 1.29 is 13.6 Å². The highest BCUT2D eigenvalue weighted by atomic mass is 19.3. The molecule has 144 valence electrons. The van der Waals surface area contributed by atoms with Gasteiger partial charge in [0.2, 0.25) is 5.91 Å². The molecule has 0 radical (unpaired) electrons. The number of likely N-dealkylation sites (tertiary alicyclic amines) is 1. The van der Waals surface area contributed by atoms with Gasteiger partial charge >= 0.3 is 0 Å². The molecule has 0 bridgehead atoms. The van der Waals surface area contributed by atoms with Gasteiger partial charge in [-0.2, -0.15) is 0 Å². The van der Waals surface area contributed by atoms with E-state index in [0.717, 1.165) is 12.8 Å². The Morgan fingerprint density at radius 1 is 1.41 bits per heavy atom. The number of rotatable bonds is 4. The molecule has 1 saturated heterocycles. The standard InChI is InChI=1S/C19H23F2N5O/c1-10(2)18(27)26-8-12(5-4-11(26)3)25-17-15-13(14-6-19(14,20)21)7-22-16(15)23-9-24-17/h7,9,11-12,14H,1,4-6,8H2,2-3H3,(H2,22,23,24,25)/t11-,12+,14+/m0/s1. The van der Waals surface area contributed by atoms with Gasteiger partial charge in [-0.05, 0) is 32.3 Å². The van der Waals surface area contributed by atoms with Crippen LogP contribution in [0.5, 0.6) is 0 Å². The fourth-order valence-electron chi connectivity index (χ4n) is 3.87. The first-order chi connectivity index (χ1) is 12.8. The van der Waals surface area contributed by atoms with Crippen LogP contribution in [0.15, 0.2) is 24.7 Å². The molecule has 0 aromatic carbocycles. The number of piperidine rings is 1. The number of nitrogens with zero attached hydrogens (tertiary/aromatic N) is 3. The van der Waals surface area contributed by atoms with Crippen molar-refractivity contribution in [2.24, 2.45) is 0 Å². The minimum absolute atomic E-state index is 0.00920. The smallest absolute Gasteiger partial charge is 0.256 e. The average molecular weight is 375 g/mol. The third-order valence-electron chi connectivity index (χ3n) is 5.55. The quantitative estimate of drug-likeness (QED) is 0.803. The van der Waals surface area contributed by atoms with Crippen molar-refractivity contribution in [3.05, 3.63) is 30.2 Å². The Bertz CT molecular complexity index is 909. The zero-order valence-electron chi connectivity index (χ0n) is 15.4. The number of aromatic amines is 1. The molecular weight excluding hydrogens is 352 g/mol. The second-order valence-corrected chi connectivity index (χ2v) is 7.71. The molecule has 3 atom stereocenters. The second kappa shape index (κ2) is 6.28. The summed E-state index contributed by atoms with van der Waals surface area (Å²) >= 11 is 0. The number of carbonyl (C=O) groups excluding carboxylic acids is 1. The van der Waals surface area contributed by atoms with Gasteiger partial charge < -0.3 is 15.2 Å². The number of halogens is 2. The molecule has 2 aliphatic rings. The lowest BCUT2D eigenvalue weighted by atomic mass is 9.98.